The van der Waals surface area contributed by atoms with E-state index in [-0.39, 0.29) is 18.4 Å². The van der Waals surface area contributed by atoms with Crippen molar-refractivity contribution in [1.29, 1.82) is 0 Å². The van der Waals surface area contributed by atoms with Crippen LogP contribution in [0.5, 0.6) is 0 Å². The van der Waals surface area contributed by atoms with Crippen LogP contribution in [0.1, 0.15) is 39.4 Å². The van der Waals surface area contributed by atoms with Crippen molar-refractivity contribution in [2.45, 2.75) is 32.5 Å². The molecule has 1 aliphatic heterocycles. The van der Waals surface area contributed by atoms with Gasteiger partial charge in [-0.2, -0.15) is 0 Å². The number of nitrogens with zero attached hydrogens (tertiary/aromatic N) is 1. The number of anilines is 1. The van der Waals surface area contributed by atoms with Gasteiger partial charge in [-0.05, 0) is 48.6 Å². The van der Waals surface area contributed by atoms with E-state index in [1.165, 1.54) is 16.2 Å². The lowest BCUT2D eigenvalue weighted by atomic mass is 10.00. The third-order valence-corrected chi connectivity index (χ3v) is 6.25. The van der Waals surface area contributed by atoms with Crippen LogP contribution in [0.2, 0.25) is 0 Å². The van der Waals surface area contributed by atoms with Crippen molar-refractivity contribution in [2.24, 2.45) is 0 Å². The van der Waals surface area contributed by atoms with Crippen molar-refractivity contribution in [3.05, 3.63) is 87.6 Å². The van der Waals surface area contributed by atoms with E-state index in [0.29, 0.717) is 22.7 Å². The summed E-state index contributed by atoms with van der Waals surface area (Å²) >= 11 is 1.36. The minimum absolute atomic E-state index is 0.186. The van der Waals surface area contributed by atoms with Crippen LogP contribution in [-0.2, 0) is 16.1 Å². The summed E-state index contributed by atoms with van der Waals surface area (Å²) in [6.07, 6.45) is -1.29. The highest BCUT2D eigenvalue weighted by Crippen LogP contribution is 2.34. The first kappa shape index (κ1) is 22.5. The summed E-state index contributed by atoms with van der Waals surface area (Å²) in [5.74, 6) is -0.453. The molecule has 0 radical (unpaired) electrons. The summed E-state index contributed by atoms with van der Waals surface area (Å²) < 4.78 is 5.66. The second-order valence-corrected chi connectivity index (χ2v) is 8.76. The molecule has 0 saturated carbocycles. The normalized spacial score (nSPS) is 17.5. The van der Waals surface area contributed by atoms with Crippen molar-refractivity contribution < 1.29 is 19.1 Å². The van der Waals surface area contributed by atoms with Crippen LogP contribution < -0.4 is 10.6 Å². The predicted octanol–water partition coefficient (Wildman–Crippen LogP) is 4.51. The van der Waals surface area contributed by atoms with Crippen molar-refractivity contribution >= 4 is 34.9 Å². The molecule has 1 aliphatic rings. The van der Waals surface area contributed by atoms with Crippen LogP contribution in [0.15, 0.2) is 66.0 Å². The van der Waals surface area contributed by atoms with Gasteiger partial charge in [-0.1, -0.05) is 48.0 Å². The molecule has 0 spiro atoms. The molecule has 0 bridgehead atoms. The van der Waals surface area contributed by atoms with Crippen LogP contribution in [0.25, 0.3) is 0 Å². The number of hydrogen-bond acceptors (Lipinski definition) is 5. The largest absolute Gasteiger partial charge is 0.438 e. The van der Waals surface area contributed by atoms with E-state index in [1.807, 2.05) is 49.6 Å². The molecule has 2 heterocycles. The lowest BCUT2D eigenvalue weighted by Gasteiger charge is -2.24. The molecule has 0 aliphatic carbocycles. The number of thiophene rings is 1. The molecule has 170 valence electrons. The molecule has 3 aromatic rings. The predicted molar refractivity (Wildman–Crippen MR) is 127 cm³/mol. The second-order valence-electron chi connectivity index (χ2n) is 7.81. The van der Waals surface area contributed by atoms with E-state index in [2.05, 4.69) is 10.6 Å². The lowest BCUT2D eigenvalue weighted by molar-refractivity contribution is -0.126. The van der Waals surface area contributed by atoms with Gasteiger partial charge in [0.05, 0.1) is 11.4 Å². The Hall–Kier alpha value is -3.65. The Morgan fingerprint density at radius 2 is 1.88 bits per heavy atom. The molecule has 0 unspecified atom stereocenters. The topological polar surface area (TPSA) is 87.7 Å². The Morgan fingerprint density at radius 3 is 2.55 bits per heavy atom. The number of amides is 3. The van der Waals surface area contributed by atoms with Crippen molar-refractivity contribution in [1.82, 2.24) is 10.2 Å². The average Bonchev–Trinajstić information content (AvgIpc) is 3.44. The zero-order valence-electron chi connectivity index (χ0n) is 18.4. The minimum Gasteiger partial charge on any atom is -0.438 e. The Labute approximate surface area is 196 Å². The molecule has 33 heavy (non-hydrogen) atoms. The second kappa shape index (κ2) is 9.87. The quantitative estimate of drug-likeness (QED) is 0.540. The van der Waals surface area contributed by atoms with E-state index in [4.69, 9.17) is 4.74 Å². The maximum Gasteiger partial charge on any atom is 0.411 e. The molecule has 7 nitrogen and oxygen atoms in total. The van der Waals surface area contributed by atoms with Crippen LogP contribution in [-0.4, -0.2) is 35.4 Å². The average molecular weight is 464 g/mol. The Bertz CT molecular complexity index is 1140. The number of benzene rings is 2. The SMILES string of the molecule is CCNC(=O)[C@@H]1[C@@H](c2ccc(NC(=O)c3cccs3)cc2)OC(=O)N1Cc1cccc(C)c1. The number of rotatable bonds is 7. The van der Waals surface area contributed by atoms with Crippen LogP contribution in [0, 0.1) is 6.92 Å². The fourth-order valence-corrected chi connectivity index (χ4v) is 4.47. The summed E-state index contributed by atoms with van der Waals surface area (Å²) in [6, 6.07) is 17.6. The molecular formula is C25H25N3O4S. The van der Waals surface area contributed by atoms with E-state index in [9.17, 15) is 14.4 Å². The third-order valence-electron chi connectivity index (χ3n) is 5.38. The summed E-state index contributed by atoms with van der Waals surface area (Å²) in [5, 5.41) is 7.51. The smallest absolute Gasteiger partial charge is 0.411 e. The fourth-order valence-electron chi connectivity index (χ4n) is 3.85. The number of likely N-dealkylation sites (N-methyl/N-ethyl adjacent to an activating group) is 1. The summed E-state index contributed by atoms with van der Waals surface area (Å²) in [4.78, 5) is 40.1. The first-order chi connectivity index (χ1) is 16.0. The molecule has 2 N–H and O–H groups in total. The first-order valence-electron chi connectivity index (χ1n) is 10.7. The standard InChI is InChI=1S/C25H25N3O4S/c1-3-26-24(30)21-22(32-25(31)28(21)15-17-7-4-6-16(2)14-17)18-9-11-19(12-10-18)27-23(29)20-8-5-13-33-20/h4-14,21-22H,3,15H2,1-2H3,(H,26,30)(H,27,29)/t21-,22+/m0/s1. The number of hydrogen-bond donors (Lipinski definition) is 2. The minimum atomic E-state index is -0.801. The summed E-state index contributed by atoms with van der Waals surface area (Å²) in [5.41, 5.74) is 3.30. The lowest BCUT2D eigenvalue weighted by Crippen LogP contribution is -2.46. The molecule has 8 heteroatoms. The highest BCUT2D eigenvalue weighted by Gasteiger charge is 2.46. The molecule has 2 atom stereocenters. The van der Waals surface area contributed by atoms with Crippen molar-refractivity contribution in [3.8, 4) is 0 Å². The molecule has 1 saturated heterocycles. The summed E-state index contributed by atoms with van der Waals surface area (Å²) in [7, 11) is 0. The molecule has 1 fully saturated rings. The number of carbonyl (C=O) groups is 3. The van der Waals surface area contributed by atoms with Gasteiger partial charge < -0.3 is 15.4 Å². The molecule has 3 amide bonds. The van der Waals surface area contributed by atoms with Gasteiger partial charge in [0.15, 0.2) is 12.1 Å². The van der Waals surface area contributed by atoms with E-state index in [1.54, 1.807) is 30.3 Å². The van der Waals surface area contributed by atoms with Gasteiger partial charge in [-0.15, -0.1) is 11.3 Å². The van der Waals surface area contributed by atoms with Gasteiger partial charge in [0, 0.05) is 12.2 Å². The number of cyclic esters (lactones) is 1. The molecule has 2 aromatic carbocycles. The van der Waals surface area contributed by atoms with Crippen LogP contribution >= 0.6 is 11.3 Å². The number of nitrogens with one attached hydrogen (secondary N) is 2. The van der Waals surface area contributed by atoms with Gasteiger partial charge in [-0.25, -0.2) is 4.79 Å². The van der Waals surface area contributed by atoms with E-state index in [0.717, 1.165) is 11.1 Å². The Kier molecular flexibility index (Phi) is 6.74. The first-order valence-corrected chi connectivity index (χ1v) is 11.6. The Balaban J connectivity index is 1.55. The molecular weight excluding hydrogens is 438 g/mol. The van der Waals surface area contributed by atoms with Gasteiger partial charge >= 0.3 is 6.09 Å². The maximum absolute atomic E-state index is 12.9. The van der Waals surface area contributed by atoms with Gasteiger partial charge in [0.2, 0.25) is 5.91 Å². The monoisotopic (exact) mass is 463 g/mol. The van der Waals surface area contributed by atoms with Crippen LogP contribution in [0.3, 0.4) is 0 Å². The highest BCUT2D eigenvalue weighted by atomic mass is 32.1. The van der Waals surface area contributed by atoms with Crippen molar-refractivity contribution in [3.63, 3.8) is 0 Å². The maximum atomic E-state index is 12.9. The molecule has 1 aromatic heterocycles. The van der Waals surface area contributed by atoms with E-state index < -0.39 is 18.2 Å². The zero-order chi connectivity index (χ0) is 23.4. The van der Waals surface area contributed by atoms with E-state index >= 15 is 0 Å². The van der Waals surface area contributed by atoms with Crippen LogP contribution in [0.4, 0.5) is 10.5 Å². The third kappa shape index (κ3) is 5.06. The van der Waals surface area contributed by atoms with Gasteiger partial charge in [-0.3, -0.25) is 14.5 Å². The number of carbonyl (C=O) groups excluding carboxylic acids is 3. The van der Waals surface area contributed by atoms with Crippen molar-refractivity contribution in [2.75, 3.05) is 11.9 Å². The molecule has 4 rings (SSSR count). The highest BCUT2D eigenvalue weighted by molar-refractivity contribution is 7.12. The number of aryl methyl sites for hydroxylation is 1. The fraction of sp³-hybridized carbons (Fsp3) is 0.240. The Morgan fingerprint density at radius 1 is 1.09 bits per heavy atom. The number of ether oxygens (including phenoxy) is 1. The van der Waals surface area contributed by atoms with Gasteiger partial charge in [0.25, 0.3) is 5.91 Å². The van der Waals surface area contributed by atoms with Gasteiger partial charge in [0.1, 0.15) is 0 Å². The zero-order valence-corrected chi connectivity index (χ0v) is 19.2. The summed E-state index contributed by atoms with van der Waals surface area (Å²) in [6.45, 7) is 4.53.